The highest BCUT2D eigenvalue weighted by Crippen LogP contribution is 2.27. The van der Waals surface area contributed by atoms with Gasteiger partial charge in [0.1, 0.15) is 5.01 Å². The first-order valence-electron chi connectivity index (χ1n) is 7.24. The number of hydrogen-bond acceptors (Lipinski definition) is 4. The van der Waals surface area contributed by atoms with Crippen molar-refractivity contribution in [2.45, 2.75) is 46.9 Å². The number of rotatable bonds is 5. The van der Waals surface area contributed by atoms with Crippen molar-refractivity contribution in [1.29, 1.82) is 0 Å². The molecule has 1 aromatic heterocycles. The van der Waals surface area contributed by atoms with Gasteiger partial charge in [-0.3, -0.25) is 4.90 Å². The van der Waals surface area contributed by atoms with E-state index in [0.717, 1.165) is 17.1 Å². The summed E-state index contributed by atoms with van der Waals surface area (Å²) < 4.78 is 0. The van der Waals surface area contributed by atoms with Crippen LogP contribution in [0.5, 0.6) is 0 Å². The molecule has 0 spiro atoms. The van der Waals surface area contributed by atoms with Crippen molar-refractivity contribution in [3.05, 3.63) is 50.5 Å². The van der Waals surface area contributed by atoms with E-state index in [-0.39, 0.29) is 6.61 Å². The highest BCUT2D eigenvalue weighted by Gasteiger charge is 2.17. The minimum Gasteiger partial charge on any atom is -0.392 e. The van der Waals surface area contributed by atoms with Crippen molar-refractivity contribution in [3.63, 3.8) is 0 Å². The van der Waals surface area contributed by atoms with Crippen molar-refractivity contribution in [2.24, 2.45) is 0 Å². The van der Waals surface area contributed by atoms with Crippen molar-refractivity contribution in [3.8, 4) is 0 Å². The molecule has 114 valence electrons. The summed E-state index contributed by atoms with van der Waals surface area (Å²) in [5.74, 6) is 0. The van der Waals surface area contributed by atoms with Crippen LogP contribution in [0.1, 0.15) is 45.8 Å². The van der Waals surface area contributed by atoms with Gasteiger partial charge in [-0.2, -0.15) is 0 Å². The monoisotopic (exact) mass is 304 g/mol. The van der Waals surface area contributed by atoms with Gasteiger partial charge >= 0.3 is 0 Å². The van der Waals surface area contributed by atoms with Gasteiger partial charge in [-0.1, -0.05) is 6.07 Å². The number of nitrogens with zero attached hydrogens (tertiary/aromatic N) is 2. The highest BCUT2D eigenvalue weighted by atomic mass is 32.1. The molecular weight excluding hydrogens is 280 g/mol. The molecular formula is C17H24N2OS. The van der Waals surface area contributed by atoms with Gasteiger partial charge in [-0.05, 0) is 62.6 Å². The maximum absolute atomic E-state index is 9.59. The molecule has 0 aliphatic rings. The number of benzene rings is 1. The Morgan fingerprint density at radius 2 is 1.90 bits per heavy atom. The Morgan fingerprint density at radius 1 is 1.24 bits per heavy atom. The largest absolute Gasteiger partial charge is 0.392 e. The van der Waals surface area contributed by atoms with E-state index in [1.54, 1.807) is 11.3 Å². The Kier molecular flexibility index (Phi) is 5.14. The maximum atomic E-state index is 9.59. The van der Waals surface area contributed by atoms with Gasteiger partial charge in [-0.15, -0.1) is 11.3 Å². The molecule has 21 heavy (non-hydrogen) atoms. The zero-order valence-electron chi connectivity index (χ0n) is 13.5. The van der Waals surface area contributed by atoms with E-state index >= 15 is 0 Å². The quantitative estimate of drug-likeness (QED) is 0.914. The summed E-state index contributed by atoms with van der Waals surface area (Å²) in [5.41, 5.74) is 6.06. The van der Waals surface area contributed by atoms with Gasteiger partial charge in [0.25, 0.3) is 0 Å². The van der Waals surface area contributed by atoms with E-state index in [4.69, 9.17) is 0 Å². The molecule has 1 N–H and O–H groups in total. The smallest absolute Gasteiger partial charge is 0.109 e. The second-order valence-corrected chi connectivity index (χ2v) is 6.64. The molecule has 1 atom stereocenters. The average Bonchev–Trinajstić information content (AvgIpc) is 2.96. The fraction of sp³-hybridized carbons (Fsp3) is 0.471. The first kappa shape index (κ1) is 16.1. The zero-order valence-corrected chi connectivity index (χ0v) is 14.3. The van der Waals surface area contributed by atoms with Crippen molar-refractivity contribution in [1.82, 2.24) is 9.88 Å². The molecule has 1 aromatic carbocycles. The second kappa shape index (κ2) is 6.69. The van der Waals surface area contributed by atoms with Crippen LogP contribution < -0.4 is 0 Å². The number of thiazole rings is 1. The fourth-order valence-corrected chi connectivity index (χ4v) is 3.53. The molecule has 1 heterocycles. The topological polar surface area (TPSA) is 36.4 Å². The molecule has 0 aliphatic carbocycles. The van der Waals surface area contributed by atoms with Crippen LogP contribution in [0.4, 0.5) is 0 Å². The lowest BCUT2D eigenvalue weighted by Crippen LogP contribution is -2.23. The summed E-state index contributed by atoms with van der Waals surface area (Å²) >= 11 is 1.70. The summed E-state index contributed by atoms with van der Waals surface area (Å²) in [4.78, 5) is 6.72. The minimum absolute atomic E-state index is 0.108. The van der Waals surface area contributed by atoms with Gasteiger partial charge in [0.15, 0.2) is 0 Å². The SMILES string of the molecule is Cc1cc(C)c(CN(C)[C@@H](C)c2nccs2)c(C)c1CO. The number of aliphatic hydroxyl groups is 1. The Labute approximate surface area is 131 Å². The lowest BCUT2D eigenvalue weighted by Gasteiger charge is -2.26. The molecule has 3 nitrogen and oxygen atoms in total. The summed E-state index contributed by atoms with van der Waals surface area (Å²) in [6, 6.07) is 2.47. The van der Waals surface area contributed by atoms with E-state index < -0.39 is 0 Å². The van der Waals surface area contributed by atoms with Crippen LogP contribution in [0, 0.1) is 20.8 Å². The first-order valence-corrected chi connectivity index (χ1v) is 8.12. The van der Waals surface area contributed by atoms with Crippen molar-refractivity contribution >= 4 is 11.3 Å². The molecule has 0 fully saturated rings. The third kappa shape index (κ3) is 3.34. The van der Waals surface area contributed by atoms with E-state index in [2.05, 4.69) is 50.7 Å². The third-order valence-electron chi connectivity index (χ3n) is 4.33. The molecule has 0 saturated carbocycles. The highest BCUT2D eigenvalue weighted by molar-refractivity contribution is 7.09. The van der Waals surface area contributed by atoms with Crippen LogP contribution in [0.2, 0.25) is 0 Å². The first-order chi connectivity index (χ1) is 9.95. The minimum atomic E-state index is 0.108. The molecule has 0 unspecified atom stereocenters. The summed E-state index contributed by atoms with van der Waals surface area (Å²) in [7, 11) is 2.13. The summed E-state index contributed by atoms with van der Waals surface area (Å²) in [5, 5.41) is 12.7. The Hall–Kier alpha value is -1.23. The predicted molar refractivity (Wildman–Crippen MR) is 88.6 cm³/mol. The van der Waals surface area contributed by atoms with Gasteiger partial charge in [-0.25, -0.2) is 4.98 Å². The lowest BCUT2D eigenvalue weighted by molar-refractivity contribution is 0.250. The summed E-state index contributed by atoms with van der Waals surface area (Å²) in [6.07, 6.45) is 1.86. The van der Waals surface area contributed by atoms with Crippen molar-refractivity contribution < 1.29 is 5.11 Å². The van der Waals surface area contributed by atoms with Crippen LogP contribution in [0.3, 0.4) is 0 Å². The zero-order chi connectivity index (χ0) is 15.6. The van der Waals surface area contributed by atoms with Crippen LogP contribution in [0.25, 0.3) is 0 Å². The number of hydrogen-bond donors (Lipinski definition) is 1. The van der Waals surface area contributed by atoms with Crippen molar-refractivity contribution in [2.75, 3.05) is 7.05 Å². The number of aliphatic hydroxyl groups excluding tert-OH is 1. The Balaban J connectivity index is 2.27. The molecule has 2 rings (SSSR count). The van der Waals surface area contributed by atoms with E-state index in [1.165, 1.54) is 22.3 Å². The van der Waals surface area contributed by atoms with E-state index in [9.17, 15) is 5.11 Å². The van der Waals surface area contributed by atoms with Crippen LogP contribution in [-0.2, 0) is 13.2 Å². The Bertz CT molecular complexity index is 608. The van der Waals surface area contributed by atoms with E-state index in [0.29, 0.717) is 6.04 Å². The van der Waals surface area contributed by atoms with Crippen LogP contribution in [-0.4, -0.2) is 22.0 Å². The maximum Gasteiger partial charge on any atom is 0.109 e. The normalized spacial score (nSPS) is 12.9. The fourth-order valence-electron chi connectivity index (χ4n) is 2.77. The van der Waals surface area contributed by atoms with Gasteiger partial charge < -0.3 is 5.11 Å². The van der Waals surface area contributed by atoms with Crippen LogP contribution >= 0.6 is 11.3 Å². The lowest BCUT2D eigenvalue weighted by atomic mass is 9.93. The molecule has 0 saturated heterocycles. The molecule has 0 radical (unpaired) electrons. The molecule has 0 aliphatic heterocycles. The third-order valence-corrected chi connectivity index (χ3v) is 5.27. The second-order valence-electron chi connectivity index (χ2n) is 5.71. The molecule has 2 aromatic rings. The average molecular weight is 304 g/mol. The number of aryl methyl sites for hydroxylation is 2. The van der Waals surface area contributed by atoms with Crippen LogP contribution in [0.15, 0.2) is 17.6 Å². The standard InChI is InChI=1S/C17H24N2OS/c1-11-8-12(2)16(10-20)13(3)15(11)9-19(5)14(4)17-18-6-7-21-17/h6-8,14,20H,9-10H2,1-5H3/t14-/m0/s1. The molecule has 4 heteroatoms. The van der Waals surface area contributed by atoms with Gasteiger partial charge in [0, 0.05) is 18.1 Å². The molecule has 0 amide bonds. The molecule has 0 bridgehead atoms. The predicted octanol–water partition coefficient (Wildman–Crippen LogP) is 3.75. The Morgan fingerprint density at radius 3 is 2.48 bits per heavy atom. The van der Waals surface area contributed by atoms with Gasteiger partial charge in [0.2, 0.25) is 0 Å². The summed E-state index contributed by atoms with van der Waals surface area (Å²) in [6.45, 7) is 9.49. The number of aromatic nitrogens is 1. The van der Waals surface area contributed by atoms with Gasteiger partial charge in [0.05, 0.1) is 12.6 Å². The van der Waals surface area contributed by atoms with E-state index in [1.807, 2.05) is 11.6 Å².